The van der Waals surface area contributed by atoms with Gasteiger partial charge in [0.05, 0.1) is 12.8 Å². The number of aromatic nitrogens is 3. The molecule has 22 heavy (non-hydrogen) atoms. The van der Waals surface area contributed by atoms with Crippen molar-refractivity contribution in [2.45, 2.75) is 12.5 Å². The van der Waals surface area contributed by atoms with Crippen LogP contribution in [-0.4, -0.2) is 27.5 Å². The van der Waals surface area contributed by atoms with Gasteiger partial charge in [0, 0.05) is 18.2 Å². The molecule has 0 aliphatic heterocycles. The van der Waals surface area contributed by atoms with Crippen molar-refractivity contribution in [1.29, 1.82) is 0 Å². The van der Waals surface area contributed by atoms with E-state index in [2.05, 4.69) is 15.3 Å². The van der Waals surface area contributed by atoms with Gasteiger partial charge >= 0.3 is 0 Å². The van der Waals surface area contributed by atoms with Crippen molar-refractivity contribution >= 4 is 0 Å². The second-order valence-corrected chi connectivity index (χ2v) is 4.77. The third kappa shape index (κ3) is 2.96. The van der Waals surface area contributed by atoms with Crippen LogP contribution in [0.2, 0.25) is 0 Å². The number of benzene rings is 1. The maximum absolute atomic E-state index is 10.3. The summed E-state index contributed by atoms with van der Waals surface area (Å²) in [6.07, 6.45) is 1.15. The molecule has 0 aliphatic rings. The lowest BCUT2D eigenvalue weighted by atomic mass is 10.0. The van der Waals surface area contributed by atoms with Crippen molar-refractivity contribution in [2.75, 3.05) is 7.11 Å². The fraction of sp³-hybridized carbons (Fsp3) is 0.188. The van der Waals surface area contributed by atoms with Gasteiger partial charge in [0.25, 0.3) is 0 Å². The Morgan fingerprint density at radius 1 is 1.18 bits per heavy atom. The van der Waals surface area contributed by atoms with Gasteiger partial charge in [-0.3, -0.25) is 4.98 Å². The number of rotatable bonds is 5. The monoisotopic (exact) mass is 297 g/mol. The smallest absolute Gasteiger partial charge is 0.138 e. The average Bonchev–Trinajstić information content (AvgIpc) is 3.04. The van der Waals surface area contributed by atoms with E-state index < -0.39 is 6.10 Å². The Labute approximate surface area is 127 Å². The zero-order chi connectivity index (χ0) is 15.4. The molecule has 0 fully saturated rings. The highest BCUT2D eigenvalue weighted by Gasteiger charge is 2.18. The minimum atomic E-state index is -0.766. The minimum Gasteiger partial charge on any atom is -0.497 e. The molecule has 0 saturated heterocycles. The summed E-state index contributed by atoms with van der Waals surface area (Å²) in [5.74, 6) is 0.719. The highest BCUT2D eigenvalue weighted by atomic mass is 16.6. The molecule has 1 aromatic carbocycles. The highest BCUT2D eigenvalue weighted by molar-refractivity contribution is 5.62. The van der Waals surface area contributed by atoms with Crippen LogP contribution in [0.3, 0.4) is 0 Å². The third-order valence-electron chi connectivity index (χ3n) is 3.32. The molecule has 2 heterocycles. The van der Waals surface area contributed by atoms with E-state index >= 15 is 0 Å². The number of nitrogens with zero attached hydrogens (tertiary/aromatic N) is 3. The van der Waals surface area contributed by atoms with Crippen molar-refractivity contribution in [3.63, 3.8) is 0 Å². The molecule has 0 radical (unpaired) electrons. The van der Waals surface area contributed by atoms with E-state index in [-0.39, 0.29) is 6.42 Å². The van der Waals surface area contributed by atoms with Crippen LogP contribution < -0.4 is 4.74 Å². The van der Waals surface area contributed by atoms with Gasteiger partial charge in [0.15, 0.2) is 0 Å². The number of pyridine rings is 1. The summed E-state index contributed by atoms with van der Waals surface area (Å²) in [5, 5.41) is 18.1. The summed E-state index contributed by atoms with van der Waals surface area (Å²) in [6.45, 7) is 0. The molecular weight excluding hydrogens is 282 g/mol. The van der Waals surface area contributed by atoms with Crippen LogP contribution >= 0.6 is 0 Å². The largest absolute Gasteiger partial charge is 0.497 e. The first-order valence-electron chi connectivity index (χ1n) is 6.83. The number of aliphatic hydroxyl groups excluding tert-OH is 1. The molecule has 0 spiro atoms. The Bertz CT molecular complexity index is 743. The molecule has 0 bridgehead atoms. The Balaban J connectivity index is 1.86. The van der Waals surface area contributed by atoms with Crippen LogP contribution in [0, 0.1) is 0 Å². The fourth-order valence-corrected chi connectivity index (χ4v) is 2.19. The van der Waals surface area contributed by atoms with Crippen molar-refractivity contribution in [3.05, 3.63) is 60.0 Å². The van der Waals surface area contributed by atoms with Gasteiger partial charge in [-0.25, -0.2) is 4.63 Å². The highest BCUT2D eigenvalue weighted by Crippen LogP contribution is 2.27. The van der Waals surface area contributed by atoms with Gasteiger partial charge in [-0.2, -0.15) is 0 Å². The number of hydrogen-bond donors (Lipinski definition) is 1. The van der Waals surface area contributed by atoms with Crippen LogP contribution in [0.1, 0.15) is 17.5 Å². The molecule has 0 amide bonds. The zero-order valence-corrected chi connectivity index (χ0v) is 12.0. The van der Waals surface area contributed by atoms with Crippen molar-refractivity contribution < 1.29 is 14.5 Å². The lowest BCUT2D eigenvalue weighted by Gasteiger charge is -2.08. The van der Waals surface area contributed by atoms with Crippen LogP contribution in [-0.2, 0) is 6.42 Å². The topological polar surface area (TPSA) is 81.3 Å². The first kappa shape index (κ1) is 14.2. The summed E-state index contributed by atoms with van der Waals surface area (Å²) in [4.78, 5) is 4.14. The van der Waals surface area contributed by atoms with Crippen LogP contribution in [0.15, 0.2) is 53.3 Å². The van der Waals surface area contributed by atoms with Gasteiger partial charge in [-0.05, 0) is 29.4 Å². The summed E-state index contributed by atoms with van der Waals surface area (Å²) < 4.78 is 10.0. The van der Waals surface area contributed by atoms with E-state index in [9.17, 15) is 5.11 Å². The summed E-state index contributed by atoms with van der Waals surface area (Å²) in [6, 6.07) is 12.8. The average molecular weight is 297 g/mol. The number of methoxy groups -OCH3 is 1. The molecule has 6 nitrogen and oxygen atoms in total. The van der Waals surface area contributed by atoms with Crippen molar-refractivity contribution in [1.82, 2.24) is 15.3 Å². The van der Waals surface area contributed by atoms with Gasteiger partial charge in [-0.1, -0.05) is 23.4 Å². The molecule has 1 atom stereocenters. The van der Waals surface area contributed by atoms with Crippen molar-refractivity contribution in [2.24, 2.45) is 0 Å². The SMILES string of the molecule is COc1cccc(-c2nonc2CC(O)c2ccccn2)c1. The molecule has 0 aliphatic carbocycles. The van der Waals surface area contributed by atoms with Crippen molar-refractivity contribution in [3.8, 4) is 17.0 Å². The van der Waals surface area contributed by atoms with Gasteiger partial charge in [-0.15, -0.1) is 0 Å². The molecule has 6 heteroatoms. The van der Waals surface area contributed by atoms with Gasteiger partial charge in [0.2, 0.25) is 0 Å². The first-order chi connectivity index (χ1) is 10.8. The maximum atomic E-state index is 10.3. The van der Waals surface area contributed by atoms with E-state index in [0.717, 1.165) is 11.3 Å². The van der Waals surface area contributed by atoms with Crippen LogP contribution in [0.4, 0.5) is 0 Å². The molecular formula is C16H15N3O3. The first-order valence-corrected chi connectivity index (χ1v) is 6.83. The molecule has 3 rings (SSSR count). The second kappa shape index (κ2) is 6.36. The minimum absolute atomic E-state index is 0.271. The van der Waals surface area contributed by atoms with E-state index in [4.69, 9.17) is 9.37 Å². The Hall–Kier alpha value is -2.73. The molecule has 3 aromatic rings. The van der Waals surface area contributed by atoms with E-state index in [1.165, 1.54) is 0 Å². The fourth-order valence-electron chi connectivity index (χ4n) is 2.19. The molecule has 112 valence electrons. The van der Waals surface area contributed by atoms with Gasteiger partial charge in [0.1, 0.15) is 23.2 Å². The quantitative estimate of drug-likeness (QED) is 0.779. The van der Waals surface area contributed by atoms with Crippen LogP contribution in [0.25, 0.3) is 11.3 Å². The lowest BCUT2D eigenvalue weighted by molar-refractivity contribution is 0.170. The predicted molar refractivity (Wildman–Crippen MR) is 79.2 cm³/mol. The maximum Gasteiger partial charge on any atom is 0.138 e. The predicted octanol–water partition coefficient (Wildman–Crippen LogP) is 2.42. The number of hydrogen-bond acceptors (Lipinski definition) is 6. The molecule has 2 aromatic heterocycles. The summed E-state index contributed by atoms with van der Waals surface area (Å²) in [5.41, 5.74) is 2.58. The second-order valence-electron chi connectivity index (χ2n) is 4.77. The third-order valence-corrected chi connectivity index (χ3v) is 3.32. The van der Waals surface area contributed by atoms with E-state index in [0.29, 0.717) is 17.1 Å². The molecule has 0 saturated carbocycles. The lowest BCUT2D eigenvalue weighted by Crippen LogP contribution is -2.05. The number of ether oxygens (including phenoxy) is 1. The Kier molecular flexibility index (Phi) is 4.11. The standard InChI is InChI=1S/C16H15N3O3/c1-21-12-6-4-5-11(9-12)16-14(18-22-19-16)10-15(20)13-7-2-3-8-17-13/h2-9,15,20H,10H2,1H3. The van der Waals surface area contributed by atoms with Gasteiger partial charge < -0.3 is 9.84 Å². The molecule has 1 N–H and O–H groups in total. The van der Waals surface area contributed by atoms with E-state index in [1.807, 2.05) is 30.3 Å². The number of aliphatic hydroxyl groups is 1. The Morgan fingerprint density at radius 3 is 2.86 bits per heavy atom. The molecule has 1 unspecified atom stereocenters. The summed E-state index contributed by atoms with van der Waals surface area (Å²) in [7, 11) is 1.60. The van der Waals surface area contributed by atoms with Crippen LogP contribution in [0.5, 0.6) is 5.75 Å². The zero-order valence-electron chi connectivity index (χ0n) is 12.0. The normalized spacial score (nSPS) is 12.1. The Morgan fingerprint density at radius 2 is 2.09 bits per heavy atom. The summed E-state index contributed by atoms with van der Waals surface area (Å²) >= 11 is 0. The van der Waals surface area contributed by atoms with E-state index in [1.54, 1.807) is 25.4 Å².